The minimum absolute atomic E-state index is 0.131. The van der Waals surface area contributed by atoms with Crippen LogP contribution < -0.4 is 10.2 Å². The zero-order valence-corrected chi connectivity index (χ0v) is 23.8. The van der Waals surface area contributed by atoms with Crippen LogP contribution in [0.3, 0.4) is 0 Å². The van der Waals surface area contributed by atoms with Crippen LogP contribution in [-0.2, 0) is 9.59 Å². The smallest absolute Gasteiger partial charge is 0.244 e. The number of carbonyl (C=O) groups excluding carboxylic acids is 2. The number of fused-ring (bicyclic) bond motifs is 1. The zero-order chi connectivity index (χ0) is 28.3. The molecule has 2 amide bonds. The number of benzene rings is 4. The molecule has 0 aliphatic carbocycles. The molecule has 0 unspecified atom stereocenters. The summed E-state index contributed by atoms with van der Waals surface area (Å²) in [5.74, 6) is 0.445. The highest BCUT2D eigenvalue weighted by Crippen LogP contribution is 2.48. The van der Waals surface area contributed by atoms with Gasteiger partial charge in [0.1, 0.15) is 12.4 Å². The van der Waals surface area contributed by atoms with Gasteiger partial charge >= 0.3 is 0 Å². The van der Waals surface area contributed by atoms with E-state index in [2.05, 4.69) is 36.5 Å². The number of thioether (sulfide) groups is 1. The highest BCUT2D eigenvalue weighted by molar-refractivity contribution is 8.00. The summed E-state index contributed by atoms with van der Waals surface area (Å²) in [6, 6.07) is 35.8. The molecule has 0 spiro atoms. The molecule has 0 fully saturated rings. The summed E-state index contributed by atoms with van der Waals surface area (Å²) in [6.07, 6.45) is 0. The maximum absolute atomic E-state index is 13.9. The Balaban J connectivity index is 1.57. The molecule has 1 atom stereocenters. The number of aromatic nitrogens is 2. The van der Waals surface area contributed by atoms with Crippen LogP contribution in [0.2, 0.25) is 0 Å². The van der Waals surface area contributed by atoms with Crippen LogP contribution in [0.1, 0.15) is 27.5 Å². The van der Waals surface area contributed by atoms with Crippen LogP contribution >= 0.6 is 11.8 Å². The second kappa shape index (κ2) is 11.5. The number of aryl methyl sites for hydroxylation is 2. The van der Waals surface area contributed by atoms with Gasteiger partial charge in [-0.05, 0) is 43.7 Å². The first kappa shape index (κ1) is 26.6. The van der Waals surface area contributed by atoms with E-state index in [1.54, 1.807) is 16.7 Å². The summed E-state index contributed by atoms with van der Waals surface area (Å²) >= 11 is 1.57. The van der Waals surface area contributed by atoms with Gasteiger partial charge in [-0.15, -0.1) is 11.8 Å². The largest absolute Gasteiger partial charge is 0.325 e. The maximum atomic E-state index is 13.9. The van der Waals surface area contributed by atoms with Crippen molar-refractivity contribution in [3.63, 3.8) is 0 Å². The van der Waals surface area contributed by atoms with Crippen molar-refractivity contribution in [2.24, 2.45) is 0 Å². The number of hydrogen-bond acceptors (Lipinski definition) is 4. The monoisotopic (exact) mass is 558 g/mol. The highest BCUT2D eigenvalue weighted by Gasteiger charge is 2.37. The second-order valence-electron chi connectivity index (χ2n) is 10.2. The Hall–Kier alpha value is -4.62. The van der Waals surface area contributed by atoms with Crippen molar-refractivity contribution in [1.29, 1.82) is 0 Å². The average molecular weight is 559 g/mol. The number of hydrogen-bond donors (Lipinski definition) is 1. The lowest BCUT2D eigenvalue weighted by atomic mass is 9.98. The molecule has 0 radical (unpaired) electrons. The fraction of sp³-hybridized carbons (Fsp3) is 0.147. The zero-order valence-electron chi connectivity index (χ0n) is 23.0. The molecule has 204 valence electrons. The van der Waals surface area contributed by atoms with E-state index in [0.717, 1.165) is 39.2 Å². The Labute approximate surface area is 244 Å². The maximum Gasteiger partial charge on any atom is 0.244 e. The topological polar surface area (TPSA) is 67.2 Å². The third kappa shape index (κ3) is 5.54. The van der Waals surface area contributed by atoms with Crippen LogP contribution in [0.15, 0.2) is 109 Å². The number of nitrogens with zero attached hydrogens (tertiary/aromatic N) is 3. The molecule has 0 saturated heterocycles. The van der Waals surface area contributed by atoms with Gasteiger partial charge in [0, 0.05) is 16.8 Å². The number of nitrogens with one attached hydrogen (secondary N) is 1. The molecule has 2 heterocycles. The van der Waals surface area contributed by atoms with Crippen LogP contribution in [0.25, 0.3) is 16.9 Å². The van der Waals surface area contributed by atoms with Gasteiger partial charge in [-0.25, -0.2) is 4.68 Å². The lowest BCUT2D eigenvalue weighted by Gasteiger charge is -2.23. The van der Waals surface area contributed by atoms with E-state index in [1.165, 1.54) is 0 Å². The molecule has 7 heteroatoms. The molecule has 1 aliphatic heterocycles. The number of carbonyl (C=O) groups is 2. The van der Waals surface area contributed by atoms with Crippen molar-refractivity contribution < 1.29 is 9.59 Å². The van der Waals surface area contributed by atoms with Gasteiger partial charge < -0.3 is 5.32 Å². The first-order valence-electron chi connectivity index (χ1n) is 13.6. The van der Waals surface area contributed by atoms with E-state index >= 15 is 0 Å². The van der Waals surface area contributed by atoms with Gasteiger partial charge in [0.2, 0.25) is 11.8 Å². The van der Waals surface area contributed by atoms with E-state index in [-0.39, 0.29) is 29.4 Å². The lowest BCUT2D eigenvalue weighted by molar-refractivity contribution is -0.120. The molecule has 4 aromatic carbocycles. The van der Waals surface area contributed by atoms with Crippen LogP contribution in [0, 0.1) is 13.8 Å². The van der Waals surface area contributed by atoms with Gasteiger partial charge in [0.15, 0.2) is 0 Å². The van der Waals surface area contributed by atoms with Crippen molar-refractivity contribution in [3.8, 4) is 16.9 Å². The molecule has 6 nitrogen and oxygen atoms in total. The van der Waals surface area contributed by atoms with Crippen molar-refractivity contribution in [1.82, 2.24) is 9.78 Å². The van der Waals surface area contributed by atoms with E-state index < -0.39 is 0 Å². The van der Waals surface area contributed by atoms with Crippen LogP contribution in [0.5, 0.6) is 0 Å². The predicted octanol–water partition coefficient (Wildman–Crippen LogP) is 6.96. The molecule has 1 aliphatic rings. The molecule has 0 saturated carbocycles. The molecular formula is C34H30N4O2S. The summed E-state index contributed by atoms with van der Waals surface area (Å²) in [7, 11) is 0. The minimum atomic E-state index is -0.271. The molecule has 0 bridgehead atoms. The molecule has 41 heavy (non-hydrogen) atoms. The van der Waals surface area contributed by atoms with E-state index in [4.69, 9.17) is 5.10 Å². The van der Waals surface area contributed by atoms with E-state index in [1.807, 2.05) is 96.5 Å². The summed E-state index contributed by atoms with van der Waals surface area (Å²) in [5, 5.41) is 7.94. The third-order valence-electron chi connectivity index (χ3n) is 7.12. The SMILES string of the molecule is Cc1ccc(-n2nc(-c3ccccc3)c3c2N(CC(=O)Nc2ccccc2)C(=O)CS[C@H]3c2cccc(C)c2)cc1. The number of rotatable bonds is 6. The molecule has 6 rings (SSSR count). The molecule has 1 N–H and O–H groups in total. The van der Waals surface area contributed by atoms with Crippen molar-refractivity contribution >= 4 is 35.1 Å². The summed E-state index contributed by atoms with van der Waals surface area (Å²) < 4.78 is 1.83. The van der Waals surface area contributed by atoms with E-state index in [0.29, 0.717) is 11.5 Å². The first-order chi connectivity index (χ1) is 20.0. The van der Waals surface area contributed by atoms with Crippen molar-refractivity contribution in [3.05, 3.63) is 131 Å². The second-order valence-corrected chi connectivity index (χ2v) is 11.3. The summed E-state index contributed by atoms with van der Waals surface area (Å²) in [5.41, 5.74) is 7.55. The molecular weight excluding hydrogens is 528 g/mol. The lowest BCUT2D eigenvalue weighted by Crippen LogP contribution is -2.40. The third-order valence-corrected chi connectivity index (χ3v) is 8.37. The summed E-state index contributed by atoms with van der Waals surface area (Å²) in [4.78, 5) is 28.9. The Bertz CT molecular complexity index is 1700. The standard InChI is InChI=1S/C34H30N4O2S/c1-23-16-18-28(19-17-23)38-34-31(32(36-38)25-11-5-3-6-12-25)33(26-13-9-10-24(2)20-26)41-22-30(40)37(34)21-29(39)35-27-14-7-4-8-15-27/h3-20,33H,21-22H2,1-2H3,(H,35,39)/t33-/m0/s1. The van der Waals surface area contributed by atoms with Gasteiger partial charge in [-0.3, -0.25) is 14.5 Å². The minimum Gasteiger partial charge on any atom is -0.325 e. The molecule has 5 aromatic rings. The number of amides is 2. The average Bonchev–Trinajstić information content (AvgIpc) is 3.31. The Morgan fingerprint density at radius 3 is 2.29 bits per heavy atom. The quantitative estimate of drug-likeness (QED) is 0.245. The normalized spacial score (nSPS) is 14.8. The van der Waals surface area contributed by atoms with Crippen LogP contribution in [0.4, 0.5) is 11.5 Å². The Kier molecular flexibility index (Phi) is 7.44. The Morgan fingerprint density at radius 2 is 1.59 bits per heavy atom. The van der Waals surface area contributed by atoms with Gasteiger partial charge in [0.05, 0.1) is 22.4 Å². The molecule has 1 aromatic heterocycles. The van der Waals surface area contributed by atoms with E-state index in [9.17, 15) is 9.59 Å². The highest BCUT2D eigenvalue weighted by atomic mass is 32.2. The fourth-order valence-electron chi connectivity index (χ4n) is 5.16. The number of para-hydroxylation sites is 1. The van der Waals surface area contributed by atoms with Crippen LogP contribution in [-0.4, -0.2) is 33.9 Å². The van der Waals surface area contributed by atoms with Gasteiger partial charge in [-0.2, -0.15) is 5.10 Å². The Morgan fingerprint density at radius 1 is 0.878 bits per heavy atom. The summed E-state index contributed by atoms with van der Waals surface area (Å²) in [6.45, 7) is 3.98. The van der Waals surface area contributed by atoms with Crippen molar-refractivity contribution in [2.45, 2.75) is 19.1 Å². The first-order valence-corrected chi connectivity index (χ1v) is 14.6. The van der Waals surface area contributed by atoms with Gasteiger partial charge in [0.25, 0.3) is 0 Å². The predicted molar refractivity (Wildman–Crippen MR) is 167 cm³/mol. The van der Waals surface area contributed by atoms with Gasteiger partial charge in [-0.1, -0.05) is 96.1 Å². The number of anilines is 2. The van der Waals surface area contributed by atoms with Crippen molar-refractivity contribution in [2.75, 3.05) is 22.5 Å². The fourth-order valence-corrected chi connectivity index (χ4v) is 6.34.